The normalized spacial score (nSPS) is 11.5. The Morgan fingerprint density at radius 3 is 1.83 bits per heavy atom. The van der Waals surface area contributed by atoms with E-state index in [-0.39, 0.29) is 4.90 Å². The molecule has 2 nitrogen and oxygen atoms in total. The minimum Gasteiger partial charge on any atom is -0.207 e. The van der Waals surface area contributed by atoms with Gasteiger partial charge in [0.15, 0.2) is 0 Å². The van der Waals surface area contributed by atoms with Gasteiger partial charge in [0.05, 0.1) is 4.90 Å². The zero-order valence-corrected chi connectivity index (χ0v) is 11.7. The molecule has 0 radical (unpaired) electrons. The minimum atomic E-state index is -3.69. The predicted molar refractivity (Wildman–Crippen MR) is 74.4 cm³/mol. The zero-order chi connectivity index (χ0) is 13.3. The van der Waals surface area contributed by atoms with Crippen LogP contribution in [0.4, 0.5) is 0 Å². The second-order valence-electron chi connectivity index (χ2n) is 4.24. The first kappa shape index (κ1) is 13.1. The first-order valence-corrected chi connectivity index (χ1v) is 7.82. The summed E-state index contributed by atoms with van der Waals surface area (Å²) in [6, 6.07) is 13.5. The van der Waals surface area contributed by atoms with Gasteiger partial charge < -0.3 is 0 Å². The Labute approximate surface area is 112 Å². The first-order valence-electron chi connectivity index (χ1n) is 5.51. The van der Waals surface area contributed by atoms with Crippen LogP contribution < -0.4 is 0 Å². The first-order chi connectivity index (χ1) is 8.39. The average Bonchev–Trinajstić information content (AvgIpc) is 2.27. The zero-order valence-electron chi connectivity index (χ0n) is 10.1. The number of halogens is 1. The standard InChI is InChI=1S/C14H13ClO2S/c1-10-8-13(12-6-4-3-5-7-12)9-11(2)14(10)18(15,16)17/h3-9H,1-2H3. The van der Waals surface area contributed by atoms with Crippen molar-refractivity contribution in [2.75, 3.05) is 0 Å². The molecule has 18 heavy (non-hydrogen) atoms. The maximum Gasteiger partial charge on any atom is 0.261 e. The molecule has 4 heteroatoms. The third kappa shape index (κ3) is 2.57. The second kappa shape index (κ2) is 4.75. The summed E-state index contributed by atoms with van der Waals surface area (Å²) in [6.45, 7) is 3.52. The molecule has 0 amide bonds. The highest BCUT2D eigenvalue weighted by Crippen LogP contribution is 2.29. The van der Waals surface area contributed by atoms with Crippen molar-refractivity contribution in [1.82, 2.24) is 0 Å². The van der Waals surface area contributed by atoms with Gasteiger partial charge >= 0.3 is 0 Å². The van der Waals surface area contributed by atoms with Crippen LogP contribution in [0, 0.1) is 13.8 Å². The van der Waals surface area contributed by atoms with Gasteiger partial charge in [0.2, 0.25) is 0 Å². The monoisotopic (exact) mass is 280 g/mol. The van der Waals surface area contributed by atoms with E-state index < -0.39 is 9.05 Å². The van der Waals surface area contributed by atoms with Crippen molar-refractivity contribution in [3.05, 3.63) is 53.6 Å². The fourth-order valence-corrected chi connectivity index (χ4v) is 3.75. The van der Waals surface area contributed by atoms with Gasteiger partial charge in [0.25, 0.3) is 9.05 Å². The summed E-state index contributed by atoms with van der Waals surface area (Å²) in [5, 5.41) is 0. The third-order valence-electron chi connectivity index (χ3n) is 2.81. The number of hydrogen-bond acceptors (Lipinski definition) is 2. The van der Waals surface area contributed by atoms with E-state index in [4.69, 9.17) is 10.7 Å². The molecule has 2 aromatic rings. The highest BCUT2D eigenvalue weighted by atomic mass is 35.7. The lowest BCUT2D eigenvalue weighted by Gasteiger charge is -2.10. The Balaban J connectivity index is 2.64. The van der Waals surface area contributed by atoms with Gasteiger partial charge in [-0.1, -0.05) is 42.5 Å². The molecular formula is C14H13ClO2S. The fourth-order valence-electron chi connectivity index (χ4n) is 2.13. The SMILES string of the molecule is Cc1cc(-c2ccccc2)cc(C)c1S(=O)(=O)Cl. The molecule has 2 rings (SSSR count). The quantitative estimate of drug-likeness (QED) is 0.782. The molecule has 0 fully saturated rings. The van der Waals surface area contributed by atoms with Gasteiger partial charge in [0, 0.05) is 10.7 Å². The van der Waals surface area contributed by atoms with E-state index in [0.29, 0.717) is 11.1 Å². The van der Waals surface area contributed by atoms with Crippen LogP contribution in [0.1, 0.15) is 11.1 Å². The molecule has 0 aliphatic rings. The van der Waals surface area contributed by atoms with Crippen LogP contribution in [0.5, 0.6) is 0 Å². The molecule has 0 saturated heterocycles. The van der Waals surface area contributed by atoms with Crippen molar-refractivity contribution in [2.45, 2.75) is 18.7 Å². The van der Waals surface area contributed by atoms with Gasteiger partial charge in [0.1, 0.15) is 0 Å². The topological polar surface area (TPSA) is 34.1 Å². The lowest BCUT2D eigenvalue weighted by Crippen LogP contribution is -1.99. The van der Waals surface area contributed by atoms with Crippen LogP contribution in [-0.2, 0) is 9.05 Å². The number of aryl methyl sites for hydroxylation is 2. The van der Waals surface area contributed by atoms with E-state index in [9.17, 15) is 8.42 Å². The van der Waals surface area contributed by atoms with E-state index in [1.807, 2.05) is 42.5 Å². The van der Waals surface area contributed by atoms with Crippen LogP contribution >= 0.6 is 10.7 Å². The summed E-state index contributed by atoms with van der Waals surface area (Å²) in [7, 11) is 1.75. The Morgan fingerprint density at radius 2 is 1.39 bits per heavy atom. The summed E-state index contributed by atoms with van der Waals surface area (Å²) < 4.78 is 23.0. The molecule has 94 valence electrons. The average molecular weight is 281 g/mol. The lowest BCUT2D eigenvalue weighted by molar-refractivity contribution is 0.608. The van der Waals surface area contributed by atoms with Crippen LogP contribution in [0.25, 0.3) is 11.1 Å². The van der Waals surface area contributed by atoms with Gasteiger partial charge in [-0.15, -0.1) is 0 Å². The van der Waals surface area contributed by atoms with Crippen molar-refractivity contribution < 1.29 is 8.42 Å². The summed E-state index contributed by atoms with van der Waals surface area (Å²) in [5.74, 6) is 0. The maximum absolute atomic E-state index is 11.5. The summed E-state index contributed by atoms with van der Waals surface area (Å²) >= 11 is 0. The molecule has 0 aliphatic heterocycles. The fraction of sp³-hybridized carbons (Fsp3) is 0.143. The van der Waals surface area contributed by atoms with Crippen LogP contribution in [0.15, 0.2) is 47.4 Å². The van der Waals surface area contributed by atoms with Crippen molar-refractivity contribution >= 4 is 19.7 Å². The molecule has 0 spiro atoms. The van der Waals surface area contributed by atoms with Crippen molar-refractivity contribution in [3.8, 4) is 11.1 Å². The van der Waals surface area contributed by atoms with E-state index >= 15 is 0 Å². The molecule has 0 bridgehead atoms. The Morgan fingerprint density at radius 1 is 0.889 bits per heavy atom. The van der Waals surface area contributed by atoms with Gasteiger partial charge in [-0.05, 0) is 36.1 Å². The Bertz CT molecular complexity index is 653. The number of benzene rings is 2. The van der Waals surface area contributed by atoms with Gasteiger partial charge in [-0.25, -0.2) is 8.42 Å². The van der Waals surface area contributed by atoms with Crippen LogP contribution in [0.3, 0.4) is 0 Å². The van der Waals surface area contributed by atoms with E-state index in [1.165, 1.54) is 0 Å². The van der Waals surface area contributed by atoms with Crippen LogP contribution in [-0.4, -0.2) is 8.42 Å². The van der Waals surface area contributed by atoms with Crippen LogP contribution in [0.2, 0.25) is 0 Å². The third-order valence-corrected chi connectivity index (χ3v) is 4.41. The largest absolute Gasteiger partial charge is 0.261 e. The highest BCUT2D eigenvalue weighted by Gasteiger charge is 2.17. The number of rotatable bonds is 2. The highest BCUT2D eigenvalue weighted by molar-refractivity contribution is 8.13. The molecule has 0 aromatic heterocycles. The van der Waals surface area contributed by atoms with Gasteiger partial charge in [-0.3, -0.25) is 0 Å². The molecule has 0 aliphatic carbocycles. The van der Waals surface area contributed by atoms with E-state index in [0.717, 1.165) is 11.1 Å². The maximum atomic E-state index is 11.5. The van der Waals surface area contributed by atoms with Crippen molar-refractivity contribution in [3.63, 3.8) is 0 Å². The molecule has 0 heterocycles. The molecule has 0 saturated carbocycles. The molecular weight excluding hydrogens is 268 g/mol. The summed E-state index contributed by atoms with van der Waals surface area (Å²) in [6.07, 6.45) is 0. The van der Waals surface area contributed by atoms with Crippen molar-refractivity contribution in [2.24, 2.45) is 0 Å². The van der Waals surface area contributed by atoms with Gasteiger partial charge in [-0.2, -0.15) is 0 Å². The molecule has 2 aromatic carbocycles. The number of hydrogen-bond donors (Lipinski definition) is 0. The summed E-state index contributed by atoms with van der Waals surface area (Å²) in [4.78, 5) is 0.212. The summed E-state index contributed by atoms with van der Waals surface area (Å²) in [5.41, 5.74) is 3.39. The smallest absolute Gasteiger partial charge is 0.207 e. The lowest BCUT2D eigenvalue weighted by atomic mass is 10.0. The second-order valence-corrected chi connectivity index (χ2v) is 6.75. The molecule has 0 N–H and O–H groups in total. The molecule has 0 unspecified atom stereocenters. The van der Waals surface area contributed by atoms with Crippen molar-refractivity contribution in [1.29, 1.82) is 0 Å². The Kier molecular flexibility index (Phi) is 3.46. The van der Waals surface area contributed by atoms with E-state index in [1.54, 1.807) is 13.8 Å². The van der Waals surface area contributed by atoms with E-state index in [2.05, 4.69) is 0 Å². The predicted octanol–water partition coefficient (Wildman–Crippen LogP) is 3.90. The minimum absolute atomic E-state index is 0.212. The Hall–Kier alpha value is -1.32. The molecule has 0 atom stereocenters.